The predicted octanol–water partition coefficient (Wildman–Crippen LogP) is 1.36. The Labute approximate surface area is 105 Å². The van der Waals surface area contributed by atoms with E-state index in [0.29, 0.717) is 17.9 Å². The van der Waals surface area contributed by atoms with E-state index in [9.17, 15) is 4.79 Å². The average molecular weight is 248 g/mol. The number of rotatable bonds is 3. The van der Waals surface area contributed by atoms with Gasteiger partial charge in [-0.25, -0.2) is 0 Å². The van der Waals surface area contributed by atoms with Crippen LogP contribution in [0.1, 0.15) is 10.4 Å². The largest absolute Gasteiger partial charge is 0.349 e. The van der Waals surface area contributed by atoms with Crippen molar-refractivity contribution in [1.82, 2.24) is 10.6 Å². The molecule has 3 rings (SSSR count). The molecule has 0 aromatic heterocycles. The van der Waals surface area contributed by atoms with Gasteiger partial charge in [0.1, 0.15) is 0 Å². The SMILES string of the molecule is CSc1ccccc1C(=O)NC1C2CNCC21. The highest BCUT2D eigenvalue weighted by molar-refractivity contribution is 7.98. The number of piperidine rings is 1. The van der Waals surface area contributed by atoms with Crippen LogP contribution in [-0.2, 0) is 0 Å². The predicted molar refractivity (Wildman–Crippen MR) is 69.3 cm³/mol. The lowest BCUT2D eigenvalue weighted by molar-refractivity contribution is 0.0943. The van der Waals surface area contributed by atoms with Crippen molar-refractivity contribution in [3.05, 3.63) is 29.8 Å². The fraction of sp³-hybridized carbons (Fsp3) is 0.462. The molecule has 2 aliphatic rings. The van der Waals surface area contributed by atoms with Gasteiger partial charge in [0.2, 0.25) is 0 Å². The molecule has 1 aliphatic carbocycles. The van der Waals surface area contributed by atoms with Crippen molar-refractivity contribution in [2.75, 3.05) is 19.3 Å². The number of benzene rings is 1. The van der Waals surface area contributed by atoms with Gasteiger partial charge in [0, 0.05) is 24.0 Å². The maximum Gasteiger partial charge on any atom is 0.252 e. The zero-order valence-electron chi connectivity index (χ0n) is 9.77. The molecule has 1 aromatic rings. The molecule has 2 fully saturated rings. The fourth-order valence-corrected chi connectivity index (χ4v) is 3.29. The Bertz CT molecular complexity index is 439. The summed E-state index contributed by atoms with van der Waals surface area (Å²) in [6.07, 6.45) is 2.00. The highest BCUT2D eigenvalue weighted by atomic mass is 32.2. The van der Waals surface area contributed by atoms with E-state index in [4.69, 9.17) is 0 Å². The monoisotopic (exact) mass is 248 g/mol. The van der Waals surface area contributed by atoms with Crippen molar-refractivity contribution in [2.24, 2.45) is 11.8 Å². The van der Waals surface area contributed by atoms with Gasteiger partial charge in [0.05, 0.1) is 5.56 Å². The summed E-state index contributed by atoms with van der Waals surface area (Å²) in [5.74, 6) is 1.41. The molecule has 4 heteroatoms. The number of hydrogen-bond donors (Lipinski definition) is 2. The Balaban J connectivity index is 1.70. The van der Waals surface area contributed by atoms with Crippen LogP contribution < -0.4 is 10.6 Å². The molecule has 1 heterocycles. The summed E-state index contributed by atoms with van der Waals surface area (Å²) in [5.41, 5.74) is 0.804. The third-order valence-electron chi connectivity index (χ3n) is 3.74. The number of carbonyl (C=O) groups excluding carboxylic acids is 1. The van der Waals surface area contributed by atoms with Crippen LogP contribution in [0.4, 0.5) is 0 Å². The van der Waals surface area contributed by atoms with Gasteiger partial charge in [0.25, 0.3) is 5.91 Å². The van der Waals surface area contributed by atoms with Crippen LogP contribution in [0.3, 0.4) is 0 Å². The first kappa shape index (κ1) is 11.1. The molecule has 2 N–H and O–H groups in total. The van der Waals surface area contributed by atoms with Gasteiger partial charge in [-0.3, -0.25) is 4.79 Å². The van der Waals surface area contributed by atoms with Crippen LogP contribution in [0.2, 0.25) is 0 Å². The molecule has 17 heavy (non-hydrogen) atoms. The molecule has 1 saturated carbocycles. The highest BCUT2D eigenvalue weighted by Gasteiger charge is 2.53. The Morgan fingerprint density at radius 3 is 2.76 bits per heavy atom. The summed E-state index contributed by atoms with van der Waals surface area (Å²) < 4.78 is 0. The lowest BCUT2D eigenvalue weighted by Crippen LogP contribution is -2.32. The quantitative estimate of drug-likeness (QED) is 0.794. The molecular formula is C13H16N2OS. The number of nitrogens with one attached hydrogen (secondary N) is 2. The van der Waals surface area contributed by atoms with E-state index in [1.54, 1.807) is 11.8 Å². The van der Waals surface area contributed by atoms with Gasteiger partial charge in [-0.15, -0.1) is 11.8 Å². The molecule has 1 amide bonds. The third-order valence-corrected chi connectivity index (χ3v) is 4.54. The van der Waals surface area contributed by atoms with Crippen molar-refractivity contribution in [3.63, 3.8) is 0 Å². The topological polar surface area (TPSA) is 41.1 Å². The van der Waals surface area contributed by atoms with E-state index in [1.165, 1.54) is 0 Å². The lowest BCUT2D eigenvalue weighted by atomic mass is 10.2. The first-order valence-electron chi connectivity index (χ1n) is 5.96. The summed E-state index contributed by atoms with van der Waals surface area (Å²) in [7, 11) is 0. The van der Waals surface area contributed by atoms with E-state index in [2.05, 4.69) is 10.6 Å². The number of hydrogen-bond acceptors (Lipinski definition) is 3. The first-order chi connectivity index (χ1) is 8.31. The molecule has 0 radical (unpaired) electrons. The molecule has 1 saturated heterocycles. The zero-order chi connectivity index (χ0) is 11.8. The molecular weight excluding hydrogens is 232 g/mol. The van der Waals surface area contributed by atoms with Gasteiger partial charge in [0.15, 0.2) is 0 Å². The molecule has 1 aromatic carbocycles. The van der Waals surface area contributed by atoms with Gasteiger partial charge in [-0.1, -0.05) is 12.1 Å². The molecule has 2 unspecified atom stereocenters. The highest BCUT2D eigenvalue weighted by Crippen LogP contribution is 2.41. The van der Waals surface area contributed by atoms with Crippen LogP contribution in [0.15, 0.2) is 29.2 Å². The standard InChI is InChI=1S/C13H16N2OS/c1-17-11-5-3-2-4-8(11)13(16)15-12-9-6-14-7-10(9)12/h2-5,9-10,12,14H,6-7H2,1H3,(H,15,16). The average Bonchev–Trinajstić information content (AvgIpc) is 2.80. The van der Waals surface area contributed by atoms with E-state index in [1.807, 2.05) is 30.5 Å². The molecule has 0 spiro atoms. The molecule has 2 atom stereocenters. The van der Waals surface area contributed by atoms with Crippen LogP contribution in [0, 0.1) is 11.8 Å². The summed E-state index contributed by atoms with van der Waals surface area (Å²) in [4.78, 5) is 13.2. The Morgan fingerprint density at radius 1 is 1.35 bits per heavy atom. The number of fused-ring (bicyclic) bond motifs is 1. The maximum absolute atomic E-state index is 12.2. The minimum Gasteiger partial charge on any atom is -0.349 e. The molecule has 1 aliphatic heterocycles. The second-order valence-corrected chi connectivity index (χ2v) is 5.53. The summed E-state index contributed by atoms with van der Waals surface area (Å²) in [6.45, 7) is 2.11. The van der Waals surface area contributed by atoms with Gasteiger partial charge < -0.3 is 10.6 Å². The number of carbonyl (C=O) groups is 1. The lowest BCUT2D eigenvalue weighted by Gasteiger charge is -2.10. The molecule has 90 valence electrons. The third kappa shape index (κ3) is 1.96. The van der Waals surface area contributed by atoms with Crippen LogP contribution in [0.25, 0.3) is 0 Å². The second kappa shape index (κ2) is 4.35. The minimum atomic E-state index is 0.0781. The Hall–Kier alpha value is -1.00. The van der Waals surface area contributed by atoms with Crippen molar-refractivity contribution >= 4 is 17.7 Å². The van der Waals surface area contributed by atoms with E-state index in [-0.39, 0.29) is 5.91 Å². The first-order valence-corrected chi connectivity index (χ1v) is 7.18. The van der Waals surface area contributed by atoms with Crippen molar-refractivity contribution < 1.29 is 4.79 Å². The van der Waals surface area contributed by atoms with Crippen molar-refractivity contribution in [2.45, 2.75) is 10.9 Å². The van der Waals surface area contributed by atoms with Gasteiger partial charge >= 0.3 is 0 Å². The summed E-state index contributed by atoms with van der Waals surface area (Å²) in [5, 5.41) is 6.49. The van der Waals surface area contributed by atoms with Crippen LogP contribution in [0.5, 0.6) is 0 Å². The van der Waals surface area contributed by atoms with Crippen LogP contribution >= 0.6 is 11.8 Å². The van der Waals surface area contributed by atoms with E-state index >= 15 is 0 Å². The number of amides is 1. The smallest absolute Gasteiger partial charge is 0.252 e. The molecule has 0 bridgehead atoms. The van der Waals surface area contributed by atoms with Crippen molar-refractivity contribution in [1.29, 1.82) is 0 Å². The second-order valence-electron chi connectivity index (χ2n) is 4.69. The van der Waals surface area contributed by atoms with Crippen molar-refractivity contribution in [3.8, 4) is 0 Å². The number of thioether (sulfide) groups is 1. The summed E-state index contributed by atoms with van der Waals surface area (Å²) >= 11 is 1.62. The fourth-order valence-electron chi connectivity index (χ4n) is 2.69. The Kier molecular flexibility index (Phi) is 2.84. The van der Waals surface area contributed by atoms with E-state index < -0.39 is 0 Å². The summed E-state index contributed by atoms with van der Waals surface area (Å²) in [6, 6.07) is 8.19. The minimum absolute atomic E-state index is 0.0781. The van der Waals surface area contributed by atoms with E-state index in [0.717, 1.165) is 23.5 Å². The van der Waals surface area contributed by atoms with Crippen LogP contribution in [-0.4, -0.2) is 31.3 Å². The normalized spacial score (nSPS) is 29.8. The Morgan fingerprint density at radius 2 is 2.06 bits per heavy atom. The maximum atomic E-state index is 12.2. The van der Waals surface area contributed by atoms with Gasteiger partial charge in [-0.05, 0) is 30.2 Å². The molecule has 3 nitrogen and oxygen atoms in total. The van der Waals surface area contributed by atoms with Gasteiger partial charge in [-0.2, -0.15) is 0 Å². The zero-order valence-corrected chi connectivity index (χ0v) is 10.6.